The Labute approximate surface area is 189 Å². The molecule has 2 aliphatic rings. The molecule has 2 aromatic heterocycles. The minimum atomic E-state index is -0.150. The van der Waals surface area contributed by atoms with Gasteiger partial charge in [0.15, 0.2) is 5.65 Å². The Morgan fingerprint density at radius 1 is 1.19 bits per heavy atom. The molecule has 2 aliphatic heterocycles. The van der Waals surface area contributed by atoms with Crippen molar-refractivity contribution in [3.05, 3.63) is 33.4 Å². The average molecular weight is 442 g/mol. The van der Waals surface area contributed by atoms with Crippen LogP contribution in [0.4, 0.5) is 0 Å². The molecule has 2 fully saturated rings. The maximum atomic E-state index is 13.2. The number of fused-ring (bicyclic) bond motifs is 1. The van der Waals surface area contributed by atoms with Crippen LogP contribution in [0.5, 0.6) is 0 Å². The second kappa shape index (κ2) is 9.46. The molecule has 174 valence electrons. The van der Waals surface area contributed by atoms with Crippen LogP contribution in [0.2, 0.25) is 0 Å². The van der Waals surface area contributed by atoms with Crippen LogP contribution in [-0.2, 0) is 16.0 Å². The monoisotopic (exact) mass is 441 g/mol. The van der Waals surface area contributed by atoms with Crippen molar-refractivity contribution >= 4 is 17.5 Å². The molecule has 2 saturated heterocycles. The molecule has 2 aromatic rings. The van der Waals surface area contributed by atoms with E-state index in [1.54, 1.807) is 0 Å². The summed E-state index contributed by atoms with van der Waals surface area (Å²) in [6, 6.07) is 1.84. The molecular formula is C24H35N5O3. The molecule has 4 heterocycles. The molecule has 0 saturated carbocycles. The van der Waals surface area contributed by atoms with Gasteiger partial charge < -0.3 is 9.80 Å². The molecule has 4 rings (SSSR count). The van der Waals surface area contributed by atoms with E-state index in [-0.39, 0.29) is 29.3 Å². The van der Waals surface area contributed by atoms with Crippen molar-refractivity contribution in [1.82, 2.24) is 24.4 Å². The van der Waals surface area contributed by atoms with Gasteiger partial charge in [-0.05, 0) is 51.9 Å². The molecule has 8 heteroatoms. The summed E-state index contributed by atoms with van der Waals surface area (Å²) in [6.07, 6.45) is 6.67. The van der Waals surface area contributed by atoms with Gasteiger partial charge in [0.2, 0.25) is 11.8 Å². The predicted octanol–water partition coefficient (Wildman–Crippen LogP) is 2.99. The summed E-state index contributed by atoms with van der Waals surface area (Å²) in [4.78, 5) is 47.1. The van der Waals surface area contributed by atoms with Gasteiger partial charge >= 0.3 is 0 Å². The molecule has 32 heavy (non-hydrogen) atoms. The smallest absolute Gasteiger partial charge is 0.276 e. The third kappa shape index (κ3) is 4.32. The largest absolute Gasteiger partial charge is 0.343 e. The standard InChI is InChI=1S/C24H35N5O3/c1-4-16(2)23(31)28-14-8-9-20(28)19-15-21-25-17(3)18(24(32)29(21)26-19)10-11-22(30)27-12-6-5-7-13-27/h15-16,20,26H,4-14H2,1-3H3. The van der Waals surface area contributed by atoms with Gasteiger partial charge in [-0.15, -0.1) is 0 Å². The zero-order chi connectivity index (χ0) is 22.8. The van der Waals surface area contributed by atoms with Crippen LogP contribution in [-0.4, -0.2) is 55.8 Å². The summed E-state index contributed by atoms with van der Waals surface area (Å²) in [5, 5.41) is 3.22. The predicted molar refractivity (Wildman–Crippen MR) is 122 cm³/mol. The van der Waals surface area contributed by atoms with Gasteiger partial charge in [-0.25, -0.2) is 9.50 Å². The van der Waals surface area contributed by atoms with Gasteiger partial charge in [-0.3, -0.25) is 19.5 Å². The molecule has 0 aliphatic carbocycles. The number of H-pyrrole nitrogens is 1. The first-order valence-electron chi connectivity index (χ1n) is 12.1. The van der Waals surface area contributed by atoms with E-state index in [2.05, 4.69) is 10.1 Å². The van der Waals surface area contributed by atoms with Crippen molar-refractivity contribution in [3.8, 4) is 0 Å². The lowest BCUT2D eigenvalue weighted by molar-refractivity contribution is -0.136. The third-order valence-electron chi connectivity index (χ3n) is 7.16. The van der Waals surface area contributed by atoms with E-state index in [4.69, 9.17) is 0 Å². The molecule has 0 radical (unpaired) electrons. The fraction of sp³-hybridized carbons (Fsp3) is 0.667. The summed E-state index contributed by atoms with van der Waals surface area (Å²) < 4.78 is 1.48. The number of aromatic amines is 1. The number of rotatable bonds is 6. The SMILES string of the molecule is CCC(C)C(=O)N1CCCC1c1cc2nc(C)c(CCC(=O)N3CCCCC3)c(=O)n2[nH]1. The minimum Gasteiger partial charge on any atom is -0.343 e. The van der Waals surface area contributed by atoms with E-state index in [0.29, 0.717) is 29.7 Å². The van der Waals surface area contributed by atoms with Crippen molar-refractivity contribution < 1.29 is 9.59 Å². The van der Waals surface area contributed by atoms with E-state index >= 15 is 0 Å². The van der Waals surface area contributed by atoms with Crippen molar-refractivity contribution in [3.63, 3.8) is 0 Å². The number of piperidine rings is 1. The molecule has 1 N–H and O–H groups in total. The van der Waals surface area contributed by atoms with E-state index in [0.717, 1.165) is 57.4 Å². The lowest BCUT2D eigenvalue weighted by Crippen LogP contribution is -2.36. The second-order valence-corrected chi connectivity index (χ2v) is 9.33. The van der Waals surface area contributed by atoms with Crippen molar-refractivity contribution in [2.75, 3.05) is 19.6 Å². The highest BCUT2D eigenvalue weighted by Crippen LogP contribution is 2.33. The number of aromatic nitrogens is 3. The number of nitrogens with zero attached hydrogens (tertiary/aromatic N) is 4. The van der Waals surface area contributed by atoms with Crippen LogP contribution in [0.25, 0.3) is 5.65 Å². The number of aryl methyl sites for hydroxylation is 1. The van der Waals surface area contributed by atoms with Gasteiger partial charge in [-0.1, -0.05) is 13.8 Å². The molecular weight excluding hydrogens is 406 g/mol. The fourth-order valence-corrected chi connectivity index (χ4v) is 4.99. The Kier molecular flexibility index (Phi) is 6.67. The fourth-order valence-electron chi connectivity index (χ4n) is 4.99. The molecule has 2 amide bonds. The van der Waals surface area contributed by atoms with E-state index in [9.17, 15) is 14.4 Å². The maximum absolute atomic E-state index is 13.2. The average Bonchev–Trinajstić information content (AvgIpc) is 3.45. The van der Waals surface area contributed by atoms with E-state index in [1.165, 1.54) is 10.9 Å². The normalized spacial score (nSPS) is 20.2. The summed E-state index contributed by atoms with van der Waals surface area (Å²) in [6.45, 7) is 8.22. The first-order chi connectivity index (χ1) is 15.4. The number of amides is 2. The van der Waals surface area contributed by atoms with Crippen LogP contribution in [0.3, 0.4) is 0 Å². The molecule has 0 spiro atoms. The summed E-state index contributed by atoms with van der Waals surface area (Å²) in [5.74, 6) is 0.278. The van der Waals surface area contributed by atoms with Gasteiger partial charge in [0.1, 0.15) is 0 Å². The number of nitrogens with one attached hydrogen (secondary N) is 1. The maximum Gasteiger partial charge on any atom is 0.276 e. The first-order valence-corrected chi connectivity index (χ1v) is 12.1. The van der Waals surface area contributed by atoms with Crippen LogP contribution < -0.4 is 5.56 Å². The number of likely N-dealkylation sites (tertiary alicyclic amines) is 2. The Bertz CT molecular complexity index is 1050. The highest BCUT2D eigenvalue weighted by atomic mass is 16.2. The molecule has 2 unspecified atom stereocenters. The number of carbonyl (C=O) groups excluding carboxylic acids is 2. The van der Waals surface area contributed by atoms with Gasteiger partial charge in [0.25, 0.3) is 5.56 Å². The number of carbonyl (C=O) groups is 2. The molecule has 0 bridgehead atoms. The lowest BCUT2D eigenvalue weighted by atomic mass is 10.1. The Morgan fingerprint density at radius 2 is 1.94 bits per heavy atom. The Hall–Kier alpha value is -2.64. The number of hydrogen-bond acceptors (Lipinski definition) is 4. The Morgan fingerprint density at radius 3 is 2.66 bits per heavy atom. The van der Waals surface area contributed by atoms with Crippen molar-refractivity contribution in [2.45, 2.75) is 78.2 Å². The topological polar surface area (TPSA) is 90.8 Å². The molecule has 8 nitrogen and oxygen atoms in total. The quantitative estimate of drug-likeness (QED) is 0.746. The second-order valence-electron chi connectivity index (χ2n) is 9.33. The van der Waals surface area contributed by atoms with E-state index in [1.807, 2.05) is 36.6 Å². The van der Waals surface area contributed by atoms with Crippen molar-refractivity contribution in [1.29, 1.82) is 0 Å². The summed E-state index contributed by atoms with van der Waals surface area (Å²) in [7, 11) is 0. The number of hydrogen-bond donors (Lipinski definition) is 1. The zero-order valence-electron chi connectivity index (χ0n) is 19.5. The van der Waals surface area contributed by atoms with Gasteiger partial charge in [-0.2, -0.15) is 0 Å². The van der Waals surface area contributed by atoms with Crippen molar-refractivity contribution in [2.24, 2.45) is 5.92 Å². The minimum absolute atomic E-state index is 0.00730. The first kappa shape index (κ1) is 22.6. The van der Waals surface area contributed by atoms with Crippen LogP contribution >= 0.6 is 0 Å². The highest BCUT2D eigenvalue weighted by molar-refractivity contribution is 5.79. The van der Waals surface area contributed by atoms with Gasteiger partial charge in [0, 0.05) is 49.3 Å². The lowest BCUT2D eigenvalue weighted by Gasteiger charge is -2.26. The van der Waals surface area contributed by atoms with E-state index < -0.39 is 0 Å². The molecule has 0 aromatic carbocycles. The molecule has 2 atom stereocenters. The third-order valence-corrected chi connectivity index (χ3v) is 7.16. The van der Waals surface area contributed by atoms with Crippen LogP contribution in [0.1, 0.15) is 81.8 Å². The van der Waals surface area contributed by atoms with Crippen LogP contribution in [0, 0.1) is 12.8 Å². The summed E-state index contributed by atoms with van der Waals surface area (Å²) >= 11 is 0. The Balaban J connectivity index is 1.55. The summed E-state index contributed by atoms with van der Waals surface area (Å²) in [5.41, 5.74) is 2.52. The van der Waals surface area contributed by atoms with Gasteiger partial charge in [0.05, 0.1) is 11.7 Å². The zero-order valence-corrected chi connectivity index (χ0v) is 19.5. The van der Waals surface area contributed by atoms with Crippen LogP contribution in [0.15, 0.2) is 10.9 Å². The highest BCUT2D eigenvalue weighted by Gasteiger charge is 2.33.